The van der Waals surface area contributed by atoms with Gasteiger partial charge in [0, 0.05) is 34.8 Å². The van der Waals surface area contributed by atoms with E-state index in [1.807, 2.05) is 13.8 Å². The van der Waals surface area contributed by atoms with Crippen LogP contribution in [0, 0.1) is 0 Å². The number of hydrogen-bond acceptors (Lipinski definition) is 12. The zero-order valence-electron chi connectivity index (χ0n) is 25.0. The largest absolute Gasteiger partial charge is 0.479 e. The summed E-state index contributed by atoms with van der Waals surface area (Å²) in [6.07, 6.45) is 5.70. The molecule has 2 heterocycles. The molecule has 0 amide bonds. The molecular weight excluding hydrogens is 782 g/mol. The van der Waals surface area contributed by atoms with Gasteiger partial charge in [-0.1, -0.05) is 94.2 Å². The van der Waals surface area contributed by atoms with Crippen LogP contribution in [0.4, 0.5) is 0 Å². The molecule has 0 saturated carbocycles. The molecule has 18 heteroatoms. The number of hydrogen-bond donors (Lipinski definition) is 0. The normalized spacial score (nSPS) is 13.5. The van der Waals surface area contributed by atoms with Crippen LogP contribution in [0.1, 0.15) is 46.5 Å². The number of ether oxygens (including phenoxy) is 4. The first-order valence-corrected chi connectivity index (χ1v) is 18.2. The van der Waals surface area contributed by atoms with Crippen molar-refractivity contribution in [2.24, 2.45) is 0 Å². The average Bonchev–Trinajstić information content (AvgIpc) is 3.73. The number of thioether (sulfide) groups is 2. The molecule has 4 atom stereocenters. The Labute approximate surface area is 315 Å². The number of nitrogens with zero attached hydrogens (tertiary/aromatic N) is 4. The fourth-order valence-corrected chi connectivity index (χ4v) is 7.92. The second-order valence-corrected chi connectivity index (χ2v) is 14.6. The van der Waals surface area contributed by atoms with E-state index < -0.39 is 33.4 Å². The van der Waals surface area contributed by atoms with E-state index in [1.165, 1.54) is 57.4 Å². The van der Waals surface area contributed by atoms with Crippen molar-refractivity contribution in [1.82, 2.24) is 19.1 Å². The lowest BCUT2D eigenvalue weighted by Gasteiger charge is -2.24. The summed E-state index contributed by atoms with van der Waals surface area (Å²) < 4.78 is 24.8. The van der Waals surface area contributed by atoms with E-state index in [4.69, 9.17) is 89.8 Å². The number of carbonyl (C=O) groups is 2. The molecule has 0 aliphatic carbocycles. The number of aromatic nitrogens is 4. The van der Waals surface area contributed by atoms with E-state index >= 15 is 0 Å². The molecule has 2 aromatic heterocycles. The van der Waals surface area contributed by atoms with Gasteiger partial charge in [-0.05, 0) is 73.7 Å². The lowest BCUT2D eigenvalue weighted by atomic mass is 10.1. The monoisotopic (exact) mass is 806 g/mol. The number of rotatable bonds is 12. The van der Waals surface area contributed by atoms with Crippen LogP contribution < -0.4 is 9.47 Å². The van der Waals surface area contributed by atoms with Gasteiger partial charge in [-0.25, -0.2) is 19.6 Å². The van der Waals surface area contributed by atoms with Crippen molar-refractivity contribution in [1.29, 1.82) is 0 Å². The quantitative estimate of drug-likeness (QED) is 0.0591. The molecule has 4 unspecified atom stereocenters. The number of benzene rings is 2. The first kappa shape index (κ1) is 38.2. The molecule has 48 heavy (non-hydrogen) atoms. The zero-order valence-corrected chi connectivity index (χ0v) is 31.3. The maximum atomic E-state index is 13.0. The maximum Gasteiger partial charge on any atom is 0.425 e. The summed E-state index contributed by atoms with van der Waals surface area (Å²) in [5.41, 5.74) is -0.290. The summed E-state index contributed by atoms with van der Waals surface area (Å²) in [5, 5.41) is 0.00536. The van der Waals surface area contributed by atoms with Gasteiger partial charge in [-0.2, -0.15) is 0 Å². The molecule has 4 rings (SSSR count). The zero-order chi connectivity index (χ0) is 34.8. The van der Waals surface area contributed by atoms with Gasteiger partial charge in [0.15, 0.2) is 0 Å². The van der Waals surface area contributed by atoms with Crippen LogP contribution in [0.25, 0.3) is 0 Å². The number of esters is 2. The lowest BCUT2D eigenvalue weighted by Crippen LogP contribution is -2.28. The molecule has 4 aromatic rings. The predicted molar refractivity (Wildman–Crippen MR) is 198 cm³/mol. The SMILES string of the molecule is CCOC(=S)SC(c1ccc(Cl)cc1)C(Cl)n1ccnc1OC(=O)C(=O)Oc1nccn1C(Cl)C(SC(=S)OCC)c1ccc(Cl)cc1. The molecule has 10 nitrogen and oxygen atoms in total. The minimum absolute atomic E-state index is 0.259. The summed E-state index contributed by atoms with van der Waals surface area (Å²) >= 11 is 39.1. The van der Waals surface area contributed by atoms with Crippen molar-refractivity contribution in [3.63, 3.8) is 0 Å². The van der Waals surface area contributed by atoms with E-state index in [0.29, 0.717) is 23.3 Å². The van der Waals surface area contributed by atoms with Crippen LogP contribution in [-0.4, -0.2) is 53.0 Å². The van der Waals surface area contributed by atoms with Crippen LogP contribution in [0.2, 0.25) is 10.0 Å². The van der Waals surface area contributed by atoms with Gasteiger partial charge in [0.25, 0.3) is 0 Å². The first-order valence-electron chi connectivity index (χ1n) is 14.0. The van der Waals surface area contributed by atoms with Crippen molar-refractivity contribution in [2.75, 3.05) is 13.2 Å². The molecule has 0 saturated heterocycles. The highest BCUT2D eigenvalue weighted by Gasteiger charge is 2.32. The highest BCUT2D eigenvalue weighted by molar-refractivity contribution is 8.23. The molecule has 0 aliphatic rings. The van der Waals surface area contributed by atoms with Crippen LogP contribution in [0.5, 0.6) is 12.0 Å². The highest BCUT2D eigenvalue weighted by atomic mass is 35.5. The fourth-order valence-electron chi connectivity index (χ4n) is 4.06. The van der Waals surface area contributed by atoms with Crippen molar-refractivity contribution < 1.29 is 28.5 Å². The second kappa shape index (κ2) is 18.4. The summed E-state index contributed by atoms with van der Waals surface area (Å²) in [6.45, 7) is 4.35. The van der Waals surface area contributed by atoms with Crippen molar-refractivity contribution in [2.45, 2.75) is 35.3 Å². The van der Waals surface area contributed by atoms with Crippen molar-refractivity contribution >= 4 is 115 Å². The Bertz CT molecular complexity index is 1600. The third kappa shape index (κ3) is 10.2. The molecule has 0 bridgehead atoms. The van der Waals surface area contributed by atoms with Gasteiger partial charge in [0.2, 0.25) is 8.77 Å². The summed E-state index contributed by atoms with van der Waals surface area (Å²) in [5.74, 6) is -2.76. The molecular formula is C30H26Cl4N4O6S4. The number of alkyl halides is 2. The second-order valence-electron chi connectivity index (χ2n) is 9.30. The third-order valence-corrected chi connectivity index (χ3v) is 10.9. The van der Waals surface area contributed by atoms with E-state index in [2.05, 4.69) is 9.97 Å². The van der Waals surface area contributed by atoms with E-state index in [-0.39, 0.29) is 20.8 Å². The number of thiocarbonyl (C=S) groups is 2. The van der Waals surface area contributed by atoms with Crippen molar-refractivity contribution in [3.05, 3.63) is 94.5 Å². The van der Waals surface area contributed by atoms with Crippen molar-refractivity contribution in [3.8, 4) is 12.0 Å². The molecule has 0 spiro atoms. The van der Waals surface area contributed by atoms with Gasteiger partial charge in [0.1, 0.15) is 11.0 Å². The van der Waals surface area contributed by atoms with Gasteiger partial charge < -0.3 is 18.9 Å². The van der Waals surface area contributed by atoms with E-state index in [9.17, 15) is 9.59 Å². The standard InChI is InChI=1S/C30H26Cl4N4O6S4/c1-3-41-29(45)47-21(17-5-9-19(31)10-6-17)23(33)37-15-13-35-27(37)43-25(39)26(40)44-28-36-14-16-38(28)24(34)22(48-30(46)42-4-2)18-7-11-20(32)12-8-18/h5-16,21-24H,3-4H2,1-2H3. The summed E-state index contributed by atoms with van der Waals surface area (Å²) in [7, 11) is 0. The van der Waals surface area contributed by atoms with Crippen LogP contribution in [0.3, 0.4) is 0 Å². The van der Waals surface area contributed by atoms with Gasteiger partial charge in [0.05, 0.1) is 23.7 Å². The molecule has 254 valence electrons. The molecule has 2 aromatic carbocycles. The van der Waals surface area contributed by atoms with Gasteiger partial charge in [-0.15, -0.1) is 0 Å². The molecule has 0 fully saturated rings. The van der Waals surface area contributed by atoms with E-state index in [0.717, 1.165) is 11.1 Å². The van der Waals surface area contributed by atoms with E-state index in [1.54, 1.807) is 48.5 Å². The third-order valence-electron chi connectivity index (χ3n) is 6.20. The summed E-state index contributed by atoms with van der Waals surface area (Å²) in [6, 6.07) is 13.5. The first-order chi connectivity index (χ1) is 23.0. The summed E-state index contributed by atoms with van der Waals surface area (Å²) in [4.78, 5) is 34.1. The van der Waals surface area contributed by atoms with Gasteiger partial charge >= 0.3 is 24.0 Å². The number of halogens is 4. The fraction of sp³-hybridized carbons (Fsp3) is 0.267. The smallest absolute Gasteiger partial charge is 0.425 e. The highest BCUT2D eigenvalue weighted by Crippen LogP contribution is 2.45. The Morgan fingerprint density at radius 2 is 1.06 bits per heavy atom. The number of imidazole rings is 2. The van der Waals surface area contributed by atoms with Crippen LogP contribution >= 0.6 is 94.4 Å². The van der Waals surface area contributed by atoms with Crippen LogP contribution in [0.15, 0.2) is 73.3 Å². The Morgan fingerprint density at radius 3 is 1.40 bits per heavy atom. The van der Waals surface area contributed by atoms with Crippen LogP contribution in [-0.2, 0) is 19.1 Å². The average molecular weight is 809 g/mol. The maximum absolute atomic E-state index is 13.0. The lowest BCUT2D eigenvalue weighted by molar-refractivity contribution is -0.157. The molecule has 0 N–H and O–H groups in total. The number of carbonyl (C=O) groups excluding carboxylic acids is 2. The van der Waals surface area contributed by atoms with Gasteiger partial charge in [-0.3, -0.25) is 9.13 Å². The Balaban J connectivity index is 1.51. The minimum Gasteiger partial charge on any atom is -0.479 e. The topological polar surface area (TPSA) is 107 Å². The predicted octanol–water partition coefficient (Wildman–Crippen LogP) is 8.96. The Morgan fingerprint density at radius 1 is 0.708 bits per heavy atom. The Kier molecular flexibility index (Phi) is 14.7. The Hall–Kier alpha value is -2.56. The molecule has 0 aliphatic heterocycles. The molecule has 0 radical (unpaired) electrons. The minimum atomic E-state index is -1.38.